The molecule has 5 heteroatoms. The number of amides is 1. The Morgan fingerprint density at radius 3 is 2.62 bits per heavy atom. The van der Waals surface area contributed by atoms with Gasteiger partial charge >= 0.3 is 0 Å². The van der Waals surface area contributed by atoms with Gasteiger partial charge in [-0.3, -0.25) is 4.79 Å². The highest BCUT2D eigenvalue weighted by Gasteiger charge is 2.13. The van der Waals surface area contributed by atoms with Gasteiger partial charge in [0.05, 0.1) is 11.3 Å². The number of para-hydroxylation sites is 1. The summed E-state index contributed by atoms with van der Waals surface area (Å²) in [7, 11) is 1.85. The molecule has 134 valence electrons. The number of aryl methyl sites for hydroxylation is 3. The van der Waals surface area contributed by atoms with Crippen molar-refractivity contribution in [3.63, 3.8) is 0 Å². The van der Waals surface area contributed by atoms with E-state index < -0.39 is 0 Å². The lowest BCUT2D eigenvalue weighted by Gasteiger charge is -2.19. The first-order valence-electron chi connectivity index (χ1n) is 8.60. The zero-order chi connectivity index (χ0) is 18.7. The number of hydrogen-bond acceptors (Lipinski definition) is 4. The predicted octanol–water partition coefficient (Wildman–Crippen LogP) is 4.31. The lowest BCUT2D eigenvalue weighted by atomic mass is 10.1. The van der Waals surface area contributed by atoms with Gasteiger partial charge in [-0.25, -0.2) is 9.97 Å². The van der Waals surface area contributed by atoms with Crippen molar-refractivity contribution in [3.8, 4) is 0 Å². The molecule has 0 radical (unpaired) electrons. The monoisotopic (exact) mass is 365 g/mol. The Hall–Kier alpha value is -2.40. The molecule has 3 aromatic rings. The number of benzene rings is 2. The minimum Gasteiger partial charge on any atom is -0.341 e. The molecule has 3 rings (SSSR count). The highest BCUT2D eigenvalue weighted by Crippen LogP contribution is 2.25. The van der Waals surface area contributed by atoms with E-state index in [9.17, 15) is 4.79 Å². The summed E-state index contributed by atoms with van der Waals surface area (Å²) in [5.41, 5.74) is 4.55. The normalized spacial score (nSPS) is 10.9. The van der Waals surface area contributed by atoms with Crippen molar-refractivity contribution < 1.29 is 4.79 Å². The molecule has 0 saturated heterocycles. The van der Waals surface area contributed by atoms with Crippen molar-refractivity contribution in [3.05, 3.63) is 65.0 Å². The van der Waals surface area contributed by atoms with Gasteiger partial charge in [-0.15, -0.1) is 0 Å². The fourth-order valence-electron chi connectivity index (χ4n) is 2.88. The van der Waals surface area contributed by atoms with Crippen LogP contribution < -0.4 is 0 Å². The molecule has 0 atom stereocenters. The number of thioether (sulfide) groups is 1. The maximum Gasteiger partial charge on any atom is 0.233 e. The van der Waals surface area contributed by atoms with Crippen LogP contribution in [-0.4, -0.2) is 33.6 Å². The number of rotatable bonds is 5. The summed E-state index contributed by atoms with van der Waals surface area (Å²) in [6, 6.07) is 14.3. The van der Waals surface area contributed by atoms with E-state index in [1.165, 1.54) is 28.5 Å². The van der Waals surface area contributed by atoms with Crippen molar-refractivity contribution in [2.45, 2.75) is 32.3 Å². The summed E-state index contributed by atoms with van der Waals surface area (Å²) in [6.07, 6.45) is 0. The summed E-state index contributed by atoms with van der Waals surface area (Å²) in [5.74, 6) is 1.18. The Labute approximate surface area is 158 Å². The maximum atomic E-state index is 12.6. The third-order valence-corrected chi connectivity index (χ3v) is 5.32. The molecule has 1 amide bonds. The molecule has 0 N–H and O–H groups in total. The Kier molecular flexibility index (Phi) is 5.57. The first-order chi connectivity index (χ1) is 12.4. The summed E-state index contributed by atoms with van der Waals surface area (Å²) in [6.45, 7) is 6.67. The Morgan fingerprint density at radius 2 is 1.85 bits per heavy atom. The molecule has 0 aliphatic heterocycles. The SMILES string of the molecule is Cc1ccc(CN(C)C(=O)CSc2nc(C)nc3ccccc23)c(C)c1. The van der Waals surface area contributed by atoms with Crippen molar-refractivity contribution in [1.29, 1.82) is 0 Å². The lowest BCUT2D eigenvalue weighted by molar-refractivity contribution is -0.127. The van der Waals surface area contributed by atoms with E-state index in [1.807, 2.05) is 38.2 Å². The van der Waals surface area contributed by atoms with Gasteiger partial charge in [-0.05, 0) is 38.0 Å². The minimum atomic E-state index is 0.0929. The second-order valence-corrected chi connectivity index (χ2v) is 7.53. The summed E-state index contributed by atoms with van der Waals surface area (Å²) in [4.78, 5) is 23.3. The predicted molar refractivity (Wildman–Crippen MR) is 107 cm³/mol. The average molecular weight is 366 g/mol. The van der Waals surface area contributed by atoms with Crippen LogP contribution in [0.5, 0.6) is 0 Å². The highest BCUT2D eigenvalue weighted by molar-refractivity contribution is 8.00. The van der Waals surface area contributed by atoms with E-state index in [0.717, 1.165) is 21.8 Å². The molecular formula is C21H23N3OS. The topological polar surface area (TPSA) is 46.1 Å². The van der Waals surface area contributed by atoms with Crippen molar-refractivity contribution in [2.24, 2.45) is 0 Å². The van der Waals surface area contributed by atoms with Crippen molar-refractivity contribution in [2.75, 3.05) is 12.8 Å². The number of carbonyl (C=O) groups is 1. The van der Waals surface area contributed by atoms with Crippen LogP contribution in [-0.2, 0) is 11.3 Å². The van der Waals surface area contributed by atoms with E-state index in [-0.39, 0.29) is 5.91 Å². The highest BCUT2D eigenvalue weighted by atomic mass is 32.2. The number of fused-ring (bicyclic) bond motifs is 1. The zero-order valence-electron chi connectivity index (χ0n) is 15.6. The van der Waals surface area contributed by atoms with Gasteiger partial charge in [-0.1, -0.05) is 53.7 Å². The van der Waals surface area contributed by atoms with Crippen LogP contribution in [0, 0.1) is 20.8 Å². The molecule has 4 nitrogen and oxygen atoms in total. The quantitative estimate of drug-likeness (QED) is 0.499. The molecule has 2 aromatic carbocycles. The molecule has 0 aliphatic carbocycles. The van der Waals surface area contributed by atoms with E-state index in [0.29, 0.717) is 12.3 Å². The van der Waals surface area contributed by atoms with Crippen LogP contribution in [0.25, 0.3) is 10.9 Å². The van der Waals surface area contributed by atoms with Crippen molar-refractivity contribution in [1.82, 2.24) is 14.9 Å². The number of aromatic nitrogens is 2. The van der Waals surface area contributed by atoms with Gasteiger partial charge in [0.1, 0.15) is 10.9 Å². The summed E-state index contributed by atoms with van der Waals surface area (Å²) in [5, 5.41) is 1.86. The van der Waals surface area contributed by atoms with Gasteiger partial charge in [0.25, 0.3) is 0 Å². The molecular weight excluding hydrogens is 342 g/mol. The molecule has 26 heavy (non-hydrogen) atoms. The van der Waals surface area contributed by atoms with Gasteiger partial charge in [-0.2, -0.15) is 0 Å². The Balaban J connectivity index is 1.69. The first kappa shape index (κ1) is 18.4. The van der Waals surface area contributed by atoms with Crippen LogP contribution in [0.3, 0.4) is 0 Å². The number of nitrogens with zero attached hydrogens (tertiary/aromatic N) is 3. The van der Waals surface area contributed by atoms with Gasteiger partial charge < -0.3 is 4.90 Å². The zero-order valence-corrected chi connectivity index (χ0v) is 16.4. The number of carbonyl (C=O) groups excluding carboxylic acids is 1. The summed E-state index contributed by atoms with van der Waals surface area (Å²) < 4.78 is 0. The van der Waals surface area contributed by atoms with Gasteiger partial charge in [0.2, 0.25) is 5.91 Å². The molecule has 1 heterocycles. The molecule has 0 bridgehead atoms. The number of hydrogen-bond donors (Lipinski definition) is 0. The molecule has 0 unspecified atom stereocenters. The molecule has 0 fully saturated rings. The third kappa shape index (κ3) is 4.22. The van der Waals surface area contributed by atoms with Crippen molar-refractivity contribution >= 4 is 28.6 Å². The molecule has 0 spiro atoms. The smallest absolute Gasteiger partial charge is 0.233 e. The maximum absolute atomic E-state index is 12.6. The Morgan fingerprint density at radius 1 is 1.08 bits per heavy atom. The second-order valence-electron chi connectivity index (χ2n) is 6.56. The van der Waals surface area contributed by atoms with Crippen LogP contribution in [0.2, 0.25) is 0 Å². The largest absolute Gasteiger partial charge is 0.341 e. The molecule has 0 saturated carbocycles. The van der Waals surface area contributed by atoms with Crippen LogP contribution in [0.4, 0.5) is 0 Å². The lowest BCUT2D eigenvalue weighted by Crippen LogP contribution is -2.28. The van der Waals surface area contributed by atoms with E-state index in [2.05, 4.69) is 42.0 Å². The first-order valence-corrected chi connectivity index (χ1v) is 9.59. The fourth-order valence-corrected chi connectivity index (χ4v) is 3.88. The van der Waals surface area contributed by atoms with Gasteiger partial charge in [0.15, 0.2) is 0 Å². The summed E-state index contributed by atoms with van der Waals surface area (Å²) >= 11 is 1.48. The standard InChI is InChI=1S/C21H23N3OS/c1-14-9-10-17(15(2)11-14)12-24(4)20(25)13-26-21-18-7-5-6-8-19(18)22-16(3)23-21/h5-11H,12-13H2,1-4H3. The Bertz CT molecular complexity index is 955. The second kappa shape index (κ2) is 7.87. The average Bonchev–Trinajstić information content (AvgIpc) is 2.61. The minimum absolute atomic E-state index is 0.0929. The molecule has 1 aromatic heterocycles. The van der Waals surface area contributed by atoms with E-state index in [1.54, 1.807) is 4.90 Å². The van der Waals surface area contributed by atoms with Crippen LogP contribution >= 0.6 is 11.8 Å². The van der Waals surface area contributed by atoms with Crippen LogP contribution in [0.15, 0.2) is 47.5 Å². The van der Waals surface area contributed by atoms with Crippen LogP contribution in [0.1, 0.15) is 22.5 Å². The van der Waals surface area contributed by atoms with E-state index in [4.69, 9.17) is 0 Å². The van der Waals surface area contributed by atoms with E-state index >= 15 is 0 Å². The molecule has 0 aliphatic rings. The third-order valence-electron chi connectivity index (χ3n) is 4.34. The van der Waals surface area contributed by atoms with Gasteiger partial charge in [0, 0.05) is 19.0 Å². The fraction of sp³-hybridized carbons (Fsp3) is 0.286.